The van der Waals surface area contributed by atoms with Gasteiger partial charge in [-0.1, -0.05) is 24.8 Å². The number of rotatable bonds is 4. The van der Waals surface area contributed by atoms with E-state index in [0.29, 0.717) is 0 Å². The Kier molecular flexibility index (Phi) is 4.37. The summed E-state index contributed by atoms with van der Waals surface area (Å²) in [6.45, 7) is 2.93. The average Bonchev–Trinajstić information content (AvgIpc) is 2.37. The molecule has 0 saturated carbocycles. The van der Waals surface area contributed by atoms with E-state index < -0.39 is 23.6 Å². The Morgan fingerprint density at radius 3 is 2.20 bits per heavy atom. The van der Waals surface area contributed by atoms with Crippen molar-refractivity contribution in [3.05, 3.63) is 54.3 Å². The fraction of sp³-hybridized carbons (Fsp3) is 0.154. The van der Waals surface area contributed by atoms with Gasteiger partial charge in [0.15, 0.2) is 0 Å². The summed E-state index contributed by atoms with van der Waals surface area (Å²) in [6, 6.07) is 6.96. The highest BCUT2D eigenvalue weighted by molar-refractivity contribution is 5.99. The van der Waals surface area contributed by atoms with E-state index in [4.69, 9.17) is 5.11 Å². The number of carboxylic acid groups (broad SMARTS) is 1. The van der Waals surface area contributed by atoms with Crippen molar-refractivity contribution in [1.82, 2.24) is 5.32 Å². The van der Waals surface area contributed by atoms with E-state index in [-0.39, 0.29) is 11.6 Å². The third kappa shape index (κ3) is 2.89. The lowest BCUT2D eigenvalue weighted by atomic mass is 9.98. The highest BCUT2D eigenvalue weighted by Gasteiger charge is 2.60. The summed E-state index contributed by atoms with van der Waals surface area (Å²) in [5.74, 6) is -3.44. The number of nitrogens with one attached hydrogen (secondary N) is 1. The molecule has 106 valence electrons. The van der Waals surface area contributed by atoms with Crippen molar-refractivity contribution in [1.29, 1.82) is 0 Å². The molecule has 1 rings (SSSR count). The second-order valence-electron chi connectivity index (χ2n) is 3.78. The number of carbonyl (C=O) groups excluding carboxylic acids is 1. The van der Waals surface area contributed by atoms with Crippen molar-refractivity contribution in [3.8, 4) is 0 Å². The van der Waals surface area contributed by atoms with Crippen molar-refractivity contribution in [2.45, 2.75) is 11.7 Å². The Morgan fingerprint density at radius 2 is 1.80 bits per heavy atom. The molecule has 1 amide bonds. The minimum Gasteiger partial charge on any atom is -0.479 e. The van der Waals surface area contributed by atoms with Crippen molar-refractivity contribution in [3.63, 3.8) is 0 Å². The maximum atomic E-state index is 13.0. The van der Waals surface area contributed by atoms with Crippen LogP contribution in [0, 0.1) is 0 Å². The zero-order valence-electron chi connectivity index (χ0n) is 10.1. The standard InChI is InChI=1S/C13H10F3NO3/c1-2-8-12(11(19)20,13(14,15)16)17-10(18)9-6-4-3-5-7-9/h3-8H,1H2,(H,17,18)(H,19,20)/t12-/m0/s1. The molecule has 0 aromatic heterocycles. The lowest BCUT2D eigenvalue weighted by molar-refractivity contribution is -0.196. The topological polar surface area (TPSA) is 66.4 Å². The number of halogens is 3. The van der Waals surface area contributed by atoms with Crippen molar-refractivity contribution in [2.75, 3.05) is 0 Å². The van der Waals surface area contributed by atoms with Crippen molar-refractivity contribution >= 4 is 11.9 Å². The third-order valence-corrected chi connectivity index (χ3v) is 2.45. The van der Waals surface area contributed by atoms with Crippen LogP contribution in [-0.4, -0.2) is 28.7 Å². The Morgan fingerprint density at radius 1 is 1.25 bits per heavy atom. The van der Waals surface area contributed by atoms with Gasteiger partial charge in [-0.25, -0.2) is 4.79 Å². The first-order valence-electron chi connectivity index (χ1n) is 5.29. The molecule has 7 heteroatoms. The summed E-state index contributed by atoms with van der Waals surface area (Å²) in [5.41, 5.74) is -1.90. The number of hydrogen-bond donors (Lipinski definition) is 2. The quantitative estimate of drug-likeness (QED) is 0.833. The fourth-order valence-corrected chi connectivity index (χ4v) is 1.42. The smallest absolute Gasteiger partial charge is 0.426 e. The van der Waals surface area contributed by atoms with Crippen LogP contribution < -0.4 is 5.32 Å². The lowest BCUT2D eigenvalue weighted by Gasteiger charge is -2.28. The van der Waals surface area contributed by atoms with Gasteiger partial charge in [0, 0.05) is 11.6 Å². The summed E-state index contributed by atoms with van der Waals surface area (Å²) in [6.07, 6.45) is -5.08. The highest BCUT2D eigenvalue weighted by Crippen LogP contribution is 2.32. The van der Waals surface area contributed by atoms with Gasteiger partial charge in [0.25, 0.3) is 11.4 Å². The molecule has 0 heterocycles. The van der Waals surface area contributed by atoms with Gasteiger partial charge in [-0.05, 0) is 12.1 Å². The summed E-state index contributed by atoms with van der Waals surface area (Å²) >= 11 is 0. The number of carboxylic acids is 1. The molecule has 2 N–H and O–H groups in total. The minimum atomic E-state index is -5.24. The van der Waals surface area contributed by atoms with Crippen LogP contribution in [0.4, 0.5) is 13.2 Å². The maximum absolute atomic E-state index is 13.0. The van der Waals surface area contributed by atoms with Crippen LogP contribution in [-0.2, 0) is 4.79 Å². The SMILES string of the molecule is C=C=C[C@](NC(=O)c1ccccc1)(C(=O)O)C(F)(F)F. The third-order valence-electron chi connectivity index (χ3n) is 2.45. The summed E-state index contributed by atoms with van der Waals surface area (Å²) < 4.78 is 39.0. The lowest BCUT2D eigenvalue weighted by Crippen LogP contribution is -2.62. The predicted octanol–water partition coefficient (Wildman–Crippen LogP) is 2.14. The molecule has 1 atom stereocenters. The summed E-state index contributed by atoms with van der Waals surface area (Å²) in [7, 11) is 0. The van der Waals surface area contributed by atoms with E-state index in [1.807, 2.05) is 0 Å². The molecule has 0 aliphatic heterocycles. The zero-order valence-corrected chi connectivity index (χ0v) is 10.1. The van der Waals surface area contributed by atoms with Gasteiger partial charge in [0.2, 0.25) is 0 Å². The molecule has 0 fully saturated rings. The first kappa shape index (κ1) is 15.5. The van der Waals surface area contributed by atoms with Crippen LogP contribution in [0.25, 0.3) is 0 Å². The first-order chi connectivity index (χ1) is 9.24. The summed E-state index contributed by atoms with van der Waals surface area (Å²) in [4.78, 5) is 22.7. The molecule has 0 spiro atoms. The number of aliphatic carboxylic acids is 1. The van der Waals surface area contributed by atoms with Crippen LogP contribution in [0.1, 0.15) is 10.4 Å². The van der Waals surface area contributed by atoms with Crippen LogP contribution in [0.15, 0.2) is 48.7 Å². The molecule has 0 saturated heterocycles. The monoisotopic (exact) mass is 285 g/mol. The molecule has 0 aliphatic carbocycles. The van der Waals surface area contributed by atoms with E-state index in [0.717, 1.165) is 0 Å². The molecule has 20 heavy (non-hydrogen) atoms. The molecule has 0 radical (unpaired) electrons. The van der Waals surface area contributed by atoms with Gasteiger partial charge in [-0.2, -0.15) is 13.2 Å². The Labute approximate surface area is 112 Å². The predicted molar refractivity (Wildman–Crippen MR) is 64.0 cm³/mol. The van der Waals surface area contributed by atoms with Gasteiger partial charge in [0.1, 0.15) is 0 Å². The van der Waals surface area contributed by atoms with Crippen LogP contribution in [0.3, 0.4) is 0 Å². The minimum absolute atomic E-state index is 0.0974. The molecule has 0 bridgehead atoms. The molecular formula is C13H10F3NO3. The maximum Gasteiger partial charge on any atom is 0.426 e. The van der Waals surface area contributed by atoms with Crippen LogP contribution in [0.2, 0.25) is 0 Å². The molecule has 1 aromatic rings. The molecule has 0 aliphatic rings. The largest absolute Gasteiger partial charge is 0.479 e. The van der Waals surface area contributed by atoms with E-state index in [9.17, 15) is 22.8 Å². The normalized spacial score (nSPS) is 13.8. The highest BCUT2D eigenvalue weighted by atomic mass is 19.4. The number of carbonyl (C=O) groups is 2. The van der Waals surface area contributed by atoms with Gasteiger partial charge >= 0.3 is 12.1 Å². The van der Waals surface area contributed by atoms with E-state index >= 15 is 0 Å². The molecule has 1 aromatic carbocycles. The second kappa shape index (κ2) is 5.63. The Balaban J connectivity index is 3.24. The van der Waals surface area contributed by atoms with Gasteiger partial charge in [-0.3, -0.25) is 4.79 Å². The first-order valence-corrected chi connectivity index (χ1v) is 5.29. The number of benzene rings is 1. The van der Waals surface area contributed by atoms with Gasteiger partial charge < -0.3 is 10.4 Å². The van der Waals surface area contributed by atoms with Crippen LogP contribution >= 0.6 is 0 Å². The Bertz CT molecular complexity index is 558. The molecule has 4 nitrogen and oxygen atoms in total. The fourth-order valence-electron chi connectivity index (χ4n) is 1.42. The van der Waals surface area contributed by atoms with Gasteiger partial charge in [0.05, 0.1) is 0 Å². The Hall–Kier alpha value is -2.53. The zero-order chi connectivity index (χ0) is 15.4. The van der Waals surface area contributed by atoms with E-state index in [1.54, 1.807) is 11.8 Å². The van der Waals surface area contributed by atoms with E-state index in [1.165, 1.54) is 29.6 Å². The number of alkyl halides is 3. The van der Waals surface area contributed by atoms with E-state index in [2.05, 4.69) is 6.58 Å². The average molecular weight is 285 g/mol. The van der Waals surface area contributed by atoms with Crippen molar-refractivity contribution < 1.29 is 27.9 Å². The molecular weight excluding hydrogens is 275 g/mol. The van der Waals surface area contributed by atoms with Crippen molar-refractivity contribution in [2.24, 2.45) is 0 Å². The number of hydrogen-bond acceptors (Lipinski definition) is 2. The molecule has 0 unspecified atom stereocenters. The van der Waals surface area contributed by atoms with Crippen LogP contribution in [0.5, 0.6) is 0 Å². The van der Waals surface area contributed by atoms with Gasteiger partial charge in [-0.15, -0.1) is 5.73 Å². The summed E-state index contributed by atoms with van der Waals surface area (Å²) in [5, 5.41) is 10.3. The number of amides is 1. The second-order valence-corrected chi connectivity index (χ2v) is 3.78.